The molecule has 0 N–H and O–H groups in total. The summed E-state index contributed by atoms with van der Waals surface area (Å²) in [4.78, 5) is 17.1. The molecule has 1 aromatic rings. The van der Waals surface area contributed by atoms with Gasteiger partial charge in [0.15, 0.2) is 0 Å². The van der Waals surface area contributed by atoms with Crippen LogP contribution in [0.5, 0.6) is 0 Å². The highest BCUT2D eigenvalue weighted by atomic mass is 19.1. The quantitative estimate of drug-likeness (QED) is 0.858. The summed E-state index contributed by atoms with van der Waals surface area (Å²) in [5.74, 6) is -0.294. The second-order valence-electron chi connectivity index (χ2n) is 6.78. The van der Waals surface area contributed by atoms with E-state index in [4.69, 9.17) is 4.74 Å². The Labute approximate surface area is 137 Å². The number of rotatable bonds is 3. The van der Waals surface area contributed by atoms with Crippen LogP contribution in [0.4, 0.5) is 4.39 Å². The molecule has 5 heteroatoms. The molecule has 0 spiro atoms. The molecule has 0 saturated carbocycles. The zero-order valence-electron chi connectivity index (χ0n) is 13.9. The first-order valence-corrected chi connectivity index (χ1v) is 8.47. The van der Waals surface area contributed by atoms with Crippen molar-refractivity contribution in [3.8, 4) is 0 Å². The molecular formula is C18H25FN2O2. The first-order valence-electron chi connectivity index (χ1n) is 8.47. The molecule has 0 aromatic heterocycles. The number of amides is 1. The van der Waals surface area contributed by atoms with Gasteiger partial charge in [0.25, 0.3) is 5.91 Å². The Balaban J connectivity index is 1.65. The molecule has 1 aromatic carbocycles. The lowest BCUT2D eigenvalue weighted by atomic mass is 10.1. The van der Waals surface area contributed by atoms with Crippen molar-refractivity contribution in [1.29, 1.82) is 0 Å². The van der Waals surface area contributed by atoms with Crippen LogP contribution in [0.2, 0.25) is 0 Å². The number of halogens is 1. The molecule has 2 aliphatic heterocycles. The normalized spacial score (nSPS) is 29.0. The van der Waals surface area contributed by atoms with Crippen molar-refractivity contribution in [2.45, 2.75) is 44.9 Å². The summed E-state index contributed by atoms with van der Waals surface area (Å²) in [7, 11) is 0. The molecule has 0 unspecified atom stereocenters. The van der Waals surface area contributed by atoms with Crippen LogP contribution in [0.25, 0.3) is 0 Å². The number of carbonyl (C=O) groups excluding carboxylic acids is 1. The van der Waals surface area contributed by atoms with Gasteiger partial charge in [0.2, 0.25) is 0 Å². The molecule has 2 fully saturated rings. The Morgan fingerprint density at radius 1 is 1.22 bits per heavy atom. The molecule has 0 bridgehead atoms. The van der Waals surface area contributed by atoms with Crippen LogP contribution in [-0.4, -0.2) is 60.1 Å². The zero-order valence-corrected chi connectivity index (χ0v) is 13.9. The smallest absolute Gasteiger partial charge is 0.254 e. The molecule has 2 aliphatic rings. The largest absolute Gasteiger partial charge is 0.373 e. The fraction of sp³-hybridized carbons (Fsp3) is 0.611. The molecular weight excluding hydrogens is 295 g/mol. The van der Waals surface area contributed by atoms with Gasteiger partial charge in [-0.15, -0.1) is 0 Å². The number of hydrogen-bond acceptors (Lipinski definition) is 3. The zero-order chi connectivity index (χ0) is 16.4. The maximum absolute atomic E-state index is 13.0. The molecule has 4 nitrogen and oxygen atoms in total. The van der Waals surface area contributed by atoms with E-state index in [9.17, 15) is 9.18 Å². The van der Waals surface area contributed by atoms with E-state index in [1.165, 1.54) is 12.1 Å². The molecule has 2 heterocycles. The summed E-state index contributed by atoms with van der Waals surface area (Å²) in [6, 6.07) is 6.09. The molecule has 0 radical (unpaired) electrons. The van der Waals surface area contributed by atoms with Gasteiger partial charge >= 0.3 is 0 Å². The maximum Gasteiger partial charge on any atom is 0.254 e. The number of carbonyl (C=O) groups is 1. The highest BCUT2D eigenvalue weighted by Crippen LogP contribution is 2.22. The van der Waals surface area contributed by atoms with Gasteiger partial charge in [0.1, 0.15) is 5.82 Å². The summed E-state index contributed by atoms with van der Waals surface area (Å²) in [6.45, 7) is 7.71. The monoisotopic (exact) mass is 320 g/mol. The fourth-order valence-electron chi connectivity index (χ4n) is 3.78. The van der Waals surface area contributed by atoms with Crippen LogP contribution < -0.4 is 0 Å². The van der Waals surface area contributed by atoms with Gasteiger partial charge in [-0.3, -0.25) is 9.69 Å². The van der Waals surface area contributed by atoms with E-state index >= 15 is 0 Å². The third kappa shape index (κ3) is 3.90. The molecule has 126 valence electrons. The number of morpholine rings is 1. The van der Waals surface area contributed by atoms with E-state index in [0.717, 1.165) is 39.0 Å². The van der Waals surface area contributed by atoms with Crippen LogP contribution in [0, 0.1) is 5.82 Å². The van der Waals surface area contributed by atoms with Crippen molar-refractivity contribution in [2.75, 3.05) is 26.2 Å². The number of hydrogen-bond donors (Lipinski definition) is 0. The molecule has 3 atom stereocenters. The average Bonchev–Trinajstić information content (AvgIpc) is 2.94. The highest BCUT2D eigenvalue weighted by molar-refractivity contribution is 5.94. The van der Waals surface area contributed by atoms with Crippen LogP contribution in [-0.2, 0) is 4.74 Å². The summed E-state index contributed by atoms with van der Waals surface area (Å²) in [5.41, 5.74) is 0.571. The van der Waals surface area contributed by atoms with Gasteiger partial charge in [0.05, 0.1) is 12.2 Å². The predicted molar refractivity (Wildman–Crippen MR) is 86.9 cm³/mol. The van der Waals surface area contributed by atoms with Crippen LogP contribution in [0.3, 0.4) is 0 Å². The summed E-state index contributed by atoms with van der Waals surface area (Å²) < 4.78 is 18.8. The topological polar surface area (TPSA) is 32.8 Å². The highest BCUT2D eigenvalue weighted by Gasteiger charge is 2.32. The van der Waals surface area contributed by atoms with Crippen molar-refractivity contribution < 1.29 is 13.9 Å². The molecule has 3 rings (SSSR count). The third-order valence-corrected chi connectivity index (χ3v) is 4.69. The molecule has 0 aliphatic carbocycles. The Morgan fingerprint density at radius 3 is 2.52 bits per heavy atom. The van der Waals surface area contributed by atoms with Crippen molar-refractivity contribution >= 4 is 5.91 Å². The lowest BCUT2D eigenvalue weighted by Crippen LogP contribution is -2.50. The standard InChI is InChI=1S/C18H25FN2O2/c1-13-10-20(11-14(2)23-13)12-17-4-3-9-21(17)18(22)15-5-7-16(19)8-6-15/h5-8,13-14,17H,3-4,9-12H2,1-2H3/t13-,14+,17-/m1/s1. The van der Waals surface area contributed by atoms with Crippen molar-refractivity contribution in [2.24, 2.45) is 0 Å². The van der Waals surface area contributed by atoms with Crippen LogP contribution in [0.15, 0.2) is 24.3 Å². The van der Waals surface area contributed by atoms with E-state index in [0.29, 0.717) is 5.56 Å². The number of benzene rings is 1. The number of likely N-dealkylation sites (tertiary alicyclic amines) is 1. The molecule has 1 amide bonds. The Hall–Kier alpha value is -1.46. The van der Waals surface area contributed by atoms with Crippen molar-refractivity contribution in [3.05, 3.63) is 35.6 Å². The summed E-state index contributed by atoms with van der Waals surface area (Å²) in [5, 5.41) is 0. The van der Waals surface area contributed by atoms with E-state index < -0.39 is 0 Å². The first-order chi connectivity index (χ1) is 11.0. The Kier molecular flexibility index (Phi) is 4.97. The van der Waals surface area contributed by atoms with E-state index in [-0.39, 0.29) is 30.0 Å². The third-order valence-electron chi connectivity index (χ3n) is 4.69. The second-order valence-corrected chi connectivity index (χ2v) is 6.78. The minimum atomic E-state index is -0.309. The first kappa shape index (κ1) is 16.4. The van der Waals surface area contributed by atoms with Gasteiger partial charge in [-0.25, -0.2) is 4.39 Å². The Bertz CT molecular complexity index is 538. The van der Waals surface area contributed by atoms with Crippen molar-refractivity contribution in [1.82, 2.24) is 9.80 Å². The van der Waals surface area contributed by atoms with Gasteiger partial charge in [-0.05, 0) is 51.0 Å². The minimum Gasteiger partial charge on any atom is -0.373 e. The molecule has 23 heavy (non-hydrogen) atoms. The lowest BCUT2D eigenvalue weighted by Gasteiger charge is -2.38. The average molecular weight is 320 g/mol. The van der Waals surface area contributed by atoms with Gasteiger partial charge in [-0.1, -0.05) is 0 Å². The van der Waals surface area contributed by atoms with E-state index in [2.05, 4.69) is 18.7 Å². The fourth-order valence-corrected chi connectivity index (χ4v) is 3.78. The van der Waals surface area contributed by atoms with Crippen LogP contribution in [0.1, 0.15) is 37.0 Å². The molecule has 2 saturated heterocycles. The van der Waals surface area contributed by atoms with Gasteiger partial charge < -0.3 is 9.64 Å². The van der Waals surface area contributed by atoms with Crippen molar-refractivity contribution in [3.63, 3.8) is 0 Å². The second kappa shape index (κ2) is 6.97. The van der Waals surface area contributed by atoms with Gasteiger partial charge in [0, 0.05) is 37.8 Å². The lowest BCUT2D eigenvalue weighted by molar-refractivity contribution is -0.0715. The summed E-state index contributed by atoms with van der Waals surface area (Å²) in [6.07, 6.45) is 2.54. The van der Waals surface area contributed by atoms with Crippen LogP contribution >= 0.6 is 0 Å². The van der Waals surface area contributed by atoms with E-state index in [1.807, 2.05) is 4.90 Å². The number of nitrogens with zero attached hydrogens (tertiary/aromatic N) is 2. The SMILES string of the molecule is C[C@@H]1CN(C[C@H]2CCCN2C(=O)c2ccc(F)cc2)C[C@H](C)O1. The summed E-state index contributed by atoms with van der Waals surface area (Å²) >= 11 is 0. The Morgan fingerprint density at radius 2 is 1.87 bits per heavy atom. The minimum absolute atomic E-state index is 0.0156. The predicted octanol–water partition coefficient (Wildman–Crippen LogP) is 2.54. The maximum atomic E-state index is 13.0. The van der Waals surface area contributed by atoms with Gasteiger partial charge in [-0.2, -0.15) is 0 Å². The van der Waals surface area contributed by atoms with E-state index in [1.54, 1.807) is 12.1 Å². The number of ether oxygens (including phenoxy) is 1.